The number of benzene rings is 2. The molecule has 2 aromatic rings. The van der Waals surface area contributed by atoms with Crippen molar-refractivity contribution < 1.29 is 0 Å². The van der Waals surface area contributed by atoms with Crippen molar-refractivity contribution in [3.8, 4) is 0 Å². The van der Waals surface area contributed by atoms with Crippen LogP contribution in [0, 0.1) is 18.3 Å². The first kappa shape index (κ1) is 44.8. The Bertz CT molecular complexity index is 1290. The predicted molar refractivity (Wildman–Crippen MR) is 221 cm³/mol. The lowest BCUT2D eigenvalue weighted by Gasteiger charge is -2.33. The third-order valence-corrected chi connectivity index (χ3v) is 8.04. The van der Waals surface area contributed by atoms with Crippen molar-refractivity contribution in [3.63, 3.8) is 0 Å². The summed E-state index contributed by atoms with van der Waals surface area (Å²) in [6, 6.07) is 21.0. The van der Waals surface area contributed by atoms with Crippen molar-refractivity contribution in [2.75, 3.05) is 45.8 Å². The molecule has 0 aliphatic carbocycles. The average molecular weight is 702 g/mol. The molecule has 9 nitrogen and oxygen atoms in total. The van der Waals surface area contributed by atoms with Crippen molar-refractivity contribution in [2.45, 2.75) is 85.4 Å². The van der Waals surface area contributed by atoms with Gasteiger partial charge in [-0.3, -0.25) is 5.41 Å². The fourth-order valence-corrected chi connectivity index (χ4v) is 5.28. The van der Waals surface area contributed by atoms with E-state index in [1.165, 1.54) is 11.1 Å². The summed E-state index contributed by atoms with van der Waals surface area (Å²) in [6.07, 6.45) is 3.65. The Morgan fingerprint density at radius 1 is 0.804 bits per heavy atom. The largest absolute Gasteiger partial charge is 0.382 e. The maximum atomic E-state index is 7.81. The van der Waals surface area contributed by atoms with Gasteiger partial charge in [0.05, 0.1) is 18.6 Å². The predicted octanol–water partition coefficient (Wildman–Crippen LogP) is 6.09. The fourth-order valence-electron chi connectivity index (χ4n) is 5.28. The maximum absolute atomic E-state index is 7.81. The highest BCUT2D eigenvalue weighted by molar-refractivity contribution is 5.74. The summed E-state index contributed by atoms with van der Waals surface area (Å²) in [5, 5.41) is 21.8. The van der Waals surface area contributed by atoms with Crippen LogP contribution in [0.25, 0.3) is 0 Å². The van der Waals surface area contributed by atoms with Gasteiger partial charge in [0.1, 0.15) is 0 Å². The number of hydrogen-bond acceptors (Lipinski definition) is 7. The molecule has 284 valence electrons. The first-order valence-electron chi connectivity index (χ1n) is 18.6. The first-order chi connectivity index (χ1) is 24.2. The van der Waals surface area contributed by atoms with Crippen molar-refractivity contribution in [2.24, 2.45) is 17.4 Å². The molecule has 0 aromatic heterocycles. The Kier molecular flexibility index (Phi) is 22.6. The van der Waals surface area contributed by atoms with Crippen LogP contribution in [0.3, 0.4) is 0 Å². The zero-order chi connectivity index (χ0) is 38.2. The minimum atomic E-state index is -0.0551. The van der Waals surface area contributed by atoms with Crippen molar-refractivity contribution in [1.29, 1.82) is 5.41 Å². The average Bonchev–Trinajstić information content (AvgIpc) is 3.35. The summed E-state index contributed by atoms with van der Waals surface area (Å²) >= 11 is 0. The summed E-state index contributed by atoms with van der Waals surface area (Å²) in [4.78, 5) is 4.25. The number of nitrogens with one attached hydrogen (secondary N) is 5. The monoisotopic (exact) mass is 702 g/mol. The summed E-state index contributed by atoms with van der Waals surface area (Å²) < 4.78 is 0. The van der Waals surface area contributed by atoms with Crippen molar-refractivity contribution in [1.82, 2.24) is 31.1 Å². The molecule has 2 unspecified atom stereocenters. The molecule has 1 heterocycles. The Labute approximate surface area is 311 Å². The highest BCUT2D eigenvalue weighted by Crippen LogP contribution is 2.17. The molecule has 0 spiro atoms. The van der Waals surface area contributed by atoms with E-state index in [1.54, 1.807) is 0 Å². The van der Waals surface area contributed by atoms with Gasteiger partial charge in [-0.25, -0.2) is 0 Å². The summed E-state index contributed by atoms with van der Waals surface area (Å²) in [5.74, 6) is 0.969. The molecule has 0 bridgehead atoms. The second-order valence-electron chi connectivity index (χ2n) is 14.2. The molecule has 9 N–H and O–H groups in total. The van der Waals surface area contributed by atoms with E-state index >= 15 is 0 Å². The highest BCUT2D eigenvalue weighted by Gasteiger charge is 2.22. The molecule has 2 atom stereocenters. The fraction of sp³-hybridized carbons (Fsp3) is 0.500. The minimum absolute atomic E-state index is 0.0515. The molecule has 1 aliphatic rings. The summed E-state index contributed by atoms with van der Waals surface area (Å²) in [6.45, 7) is 35.1. The van der Waals surface area contributed by atoms with Gasteiger partial charge in [-0.05, 0) is 50.6 Å². The van der Waals surface area contributed by atoms with Gasteiger partial charge in [0, 0.05) is 61.6 Å². The zero-order valence-electron chi connectivity index (χ0n) is 32.7. The van der Waals surface area contributed by atoms with Gasteiger partial charge in [0.15, 0.2) is 5.96 Å². The number of aryl methyl sites for hydroxylation is 1. The van der Waals surface area contributed by atoms with E-state index in [0.29, 0.717) is 19.1 Å². The van der Waals surface area contributed by atoms with Crippen LogP contribution in [0.5, 0.6) is 0 Å². The van der Waals surface area contributed by atoms with E-state index in [0.717, 1.165) is 87.1 Å². The number of nitrogens with zero attached hydrogens (tertiary/aromatic N) is 2. The molecule has 0 saturated carbocycles. The van der Waals surface area contributed by atoms with Crippen LogP contribution in [0.4, 0.5) is 0 Å². The Balaban J connectivity index is 0.00000101. The highest BCUT2D eigenvalue weighted by atomic mass is 15.3. The van der Waals surface area contributed by atoms with Crippen LogP contribution in [-0.2, 0) is 6.42 Å². The van der Waals surface area contributed by atoms with Gasteiger partial charge >= 0.3 is 0 Å². The van der Waals surface area contributed by atoms with E-state index in [4.69, 9.17) is 16.9 Å². The van der Waals surface area contributed by atoms with E-state index in [-0.39, 0.29) is 18.0 Å². The SMILES string of the molecule is C=C(CN)NC(Cc1ccccc1)C(=C)NCC(=C)NC(CCCNC(C)C)C(=C)N1CCCN(C(=N)N)CC1.CC(C)C.Cc1ccccc1. The Morgan fingerprint density at radius 2 is 1.35 bits per heavy atom. The van der Waals surface area contributed by atoms with Crippen LogP contribution in [-0.4, -0.2) is 79.7 Å². The van der Waals surface area contributed by atoms with Gasteiger partial charge in [-0.15, -0.1) is 0 Å². The van der Waals surface area contributed by atoms with E-state index in [2.05, 4.69) is 118 Å². The van der Waals surface area contributed by atoms with Crippen LogP contribution in [0.2, 0.25) is 0 Å². The third kappa shape index (κ3) is 20.9. The Hall–Kier alpha value is -4.21. The topological polar surface area (TPSA) is 130 Å². The van der Waals surface area contributed by atoms with E-state index < -0.39 is 0 Å². The second-order valence-corrected chi connectivity index (χ2v) is 14.2. The number of nitrogens with two attached hydrogens (primary N) is 2. The Morgan fingerprint density at radius 3 is 1.88 bits per heavy atom. The van der Waals surface area contributed by atoms with Crippen LogP contribution in [0.15, 0.2) is 110 Å². The smallest absolute Gasteiger partial charge is 0.188 e. The lowest BCUT2D eigenvalue weighted by molar-refractivity contribution is 0.316. The lowest BCUT2D eigenvalue weighted by atomic mass is 10.0. The van der Waals surface area contributed by atoms with Crippen LogP contribution in [0.1, 0.15) is 65.0 Å². The summed E-state index contributed by atoms with van der Waals surface area (Å²) in [5.41, 5.74) is 17.6. The van der Waals surface area contributed by atoms with Gasteiger partial charge in [0.25, 0.3) is 0 Å². The van der Waals surface area contributed by atoms with E-state index in [1.807, 2.05) is 41.3 Å². The summed E-state index contributed by atoms with van der Waals surface area (Å²) in [7, 11) is 0. The quantitative estimate of drug-likeness (QED) is 0.0566. The molecule has 1 saturated heterocycles. The molecule has 9 heteroatoms. The van der Waals surface area contributed by atoms with Gasteiger partial charge < -0.3 is 42.5 Å². The first-order valence-corrected chi connectivity index (χ1v) is 18.6. The van der Waals surface area contributed by atoms with E-state index in [9.17, 15) is 0 Å². The van der Waals surface area contributed by atoms with Crippen molar-refractivity contribution in [3.05, 3.63) is 121 Å². The molecule has 51 heavy (non-hydrogen) atoms. The standard InChI is InChI=1S/C31H53N9.C7H8.C4H10/c1-23(2)35-15-10-14-29(27(6)39-16-11-17-40(19-18-39)31(33)34)38-25(4)22-36-26(5)30(37-24(3)21-32)20-28-12-8-7-9-13-28;1-7-5-3-2-4-6-7;1-4(2)3/h7-9,12-13,23,29-30,35-38H,3-6,10-11,14-22,32H2,1-2H3,(H3,33,34);2-6H,1H3;4H,1-3H3. The zero-order valence-corrected chi connectivity index (χ0v) is 32.7. The molecular weight excluding hydrogens is 631 g/mol. The minimum Gasteiger partial charge on any atom is -0.382 e. The molecule has 3 rings (SSSR count). The van der Waals surface area contributed by atoms with Crippen LogP contribution < -0.4 is 32.7 Å². The molecule has 0 amide bonds. The molecular formula is C42H71N9. The molecule has 2 aromatic carbocycles. The number of hydrogen-bond donors (Lipinski definition) is 7. The van der Waals surface area contributed by atoms with Crippen LogP contribution >= 0.6 is 0 Å². The third-order valence-electron chi connectivity index (χ3n) is 8.04. The second kappa shape index (κ2) is 25.7. The number of guanidine groups is 1. The normalized spacial score (nSPS) is 13.7. The maximum Gasteiger partial charge on any atom is 0.188 e. The van der Waals surface area contributed by atoms with Gasteiger partial charge in [-0.1, -0.05) is 127 Å². The number of rotatable bonds is 18. The molecule has 1 fully saturated rings. The molecule has 0 radical (unpaired) electrons. The molecule has 1 aliphatic heterocycles. The van der Waals surface area contributed by atoms with Crippen molar-refractivity contribution >= 4 is 5.96 Å². The lowest BCUT2D eigenvalue weighted by Crippen LogP contribution is -2.43. The van der Waals surface area contributed by atoms with Gasteiger partial charge in [0.2, 0.25) is 0 Å². The van der Waals surface area contributed by atoms with Gasteiger partial charge in [-0.2, -0.15) is 0 Å².